The molecule has 3 atom stereocenters. The fraction of sp³-hybridized carbons (Fsp3) is 0.310. The van der Waals surface area contributed by atoms with E-state index >= 15 is 0 Å². The summed E-state index contributed by atoms with van der Waals surface area (Å²) in [6.07, 6.45) is 4.37. The van der Waals surface area contributed by atoms with Crippen LogP contribution in [0.3, 0.4) is 0 Å². The minimum Gasteiger partial charge on any atom is -0.508 e. The number of carboxylic acids is 1. The van der Waals surface area contributed by atoms with Crippen LogP contribution in [0, 0.1) is 5.92 Å². The molecular weight excluding hydrogens is 557 g/mol. The van der Waals surface area contributed by atoms with Crippen molar-refractivity contribution in [2.75, 3.05) is 0 Å². The predicted molar refractivity (Wildman–Crippen MR) is 158 cm³/mol. The molecule has 1 heterocycles. The second-order valence-corrected chi connectivity index (χ2v) is 9.91. The standard InChI is InChI=1S/C29H33N5O6.BH3O2/c1-18(2)14-24(29(39)40)34-27(37)22(15-19-6-4-3-5-7-19)32-26(36)23(16-20-8-10-21(35)11-9-20)33-28(38)25-17-30-12-13-31-25;2-1-3/h3-13,17-18,22-24,35H,14-16H2,1-2H3,(H,32,36)(H,33,38)(H,34,37)(H,39,40);1-3H/t22-,23-,24-;/m0./s1. The van der Waals surface area contributed by atoms with Crippen molar-refractivity contribution in [1.29, 1.82) is 0 Å². The highest BCUT2D eigenvalue weighted by atomic mass is 16.4. The number of aromatic nitrogens is 2. The number of phenolic OH excluding ortho intramolecular Hbond substituents is 1. The van der Waals surface area contributed by atoms with Crippen LogP contribution in [0.5, 0.6) is 5.75 Å². The van der Waals surface area contributed by atoms with Crippen molar-refractivity contribution in [3.63, 3.8) is 0 Å². The molecule has 0 bridgehead atoms. The average molecular weight is 593 g/mol. The summed E-state index contributed by atoms with van der Waals surface area (Å²) in [6, 6.07) is 11.7. The number of carbonyl (C=O) groups is 4. The maximum Gasteiger partial charge on any atom is 0.432 e. The van der Waals surface area contributed by atoms with Gasteiger partial charge in [-0.15, -0.1) is 0 Å². The zero-order valence-electron chi connectivity index (χ0n) is 23.9. The van der Waals surface area contributed by atoms with Gasteiger partial charge in [0.25, 0.3) is 5.91 Å². The van der Waals surface area contributed by atoms with E-state index in [-0.39, 0.29) is 36.6 Å². The Kier molecular flexibility index (Phi) is 14.3. The lowest BCUT2D eigenvalue weighted by molar-refractivity contribution is -0.142. The number of phenols is 1. The van der Waals surface area contributed by atoms with Gasteiger partial charge in [-0.1, -0.05) is 56.3 Å². The number of carboxylic acid groups (broad SMARTS) is 1. The third-order valence-corrected chi connectivity index (χ3v) is 6.03. The summed E-state index contributed by atoms with van der Waals surface area (Å²) >= 11 is 0. The first-order valence-electron chi connectivity index (χ1n) is 13.5. The molecule has 3 aromatic rings. The number of benzene rings is 2. The van der Waals surface area contributed by atoms with Gasteiger partial charge in [-0.2, -0.15) is 0 Å². The van der Waals surface area contributed by atoms with Crippen molar-refractivity contribution >= 4 is 31.4 Å². The van der Waals surface area contributed by atoms with Crippen molar-refractivity contribution in [2.45, 2.75) is 51.2 Å². The Morgan fingerprint density at radius 2 is 1.33 bits per heavy atom. The molecule has 3 amide bonds. The minimum absolute atomic E-state index is 0.00238. The third-order valence-electron chi connectivity index (χ3n) is 6.03. The molecule has 0 saturated heterocycles. The van der Waals surface area contributed by atoms with Crippen LogP contribution in [-0.4, -0.2) is 79.7 Å². The molecule has 43 heavy (non-hydrogen) atoms. The number of hydrogen-bond acceptors (Lipinski definition) is 9. The quantitative estimate of drug-likeness (QED) is 0.133. The number of carbonyl (C=O) groups excluding carboxylic acids is 3. The summed E-state index contributed by atoms with van der Waals surface area (Å²) in [5, 5.41) is 41.4. The lowest BCUT2D eigenvalue weighted by Gasteiger charge is -2.25. The molecule has 0 saturated carbocycles. The van der Waals surface area contributed by atoms with E-state index in [1.807, 2.05) is 19.9 Å². The van der Waals surface area contributed by atoms with Gasteiger partial charge in [0.1, 0.15) is 29.6 Å². The normalized spacial score (nSPS) is 12.5. The van der Waals surface area contributed by atoms with Crippen molar-refractivity contribution in [3.05, 3.63) is 90.0 Å². The van der Waals surface area contributed by atoms with E-state index in [0.29, 0.717) is 5.56 Å². The number of rotatable bonds is 13. The Labute approximate surface area is 249 Å². The fourth-order valence-electron chi connectivity index (χ4n) is 4.02. The molecule has 0 aliphatic carbocycles. The molecule has 0 unspecified atom stereocenters. The zero-order valence-corrected chi connectivity index (χ0v) is 23.9. The summed E-state index contributed by atoms with van der Waals surface area (Å²) in [7, 11) is -0.750. The summed E-state index contributed by atoms with van der Waals surface area (Å²) in [4.78, 5) is 59.4. The van der Waals surface area contributed by atoms with Gasteiger partial charge >= 0.3 is 13.7 Å². The predicted octanol–water partition coefficient (Wildman–Crippen LogP) is 0.104. The monoisotopic (exact) mass is 593 g/mol. The first-order chi connectivity index (χ1) is 20.5. The molecule has 2 aromatic carbocycles. The SMILES string of the molecule is CC(C)C[C@H](NC(=O)[C@H](Cc1ccccc1)NC(=O)[C@H](Cc1ccc(O)cc1)NC(=O)c1cnccn1)C(=O)O.OBO. The second kappa shape index (κ2) is 17.9. The number of nitrogens with one attached hydrogen (secondary N) is 3. The highest BCUT2D eigenvalue weighted by molar-refractivity contribution is 6.13. The molecule has 0 aliphatic heterocycles. The van der Waals surface area contributed by atoms with E-state index in [1.54, 1.807) is 36.4 Å². The van der Waals surface area contributed by atoms with Crippen LogP contribution in [0.1, 0.15) is 41.9 Å². The second-order valence-electron chi connectivity index (χ2n) is 9.91. The van der Waals surface area contributed by atoms with Crippen LogP contribution in [0.25, 0.3) is 0 Å². The van der Waals surface area contributed by atoms with E-state index < -0.39 is 49.5 Å². The van der Waals surface area contributed by atoms with Gasteiger partial charge in [0.05, 0.1) is 6.20 Å². The summed E-state index contributed by atoms with van der Waals surface area (Å²) in [5.74, 6) is -3.07. The highest BCUT2D eigenvalue weighted by Gasteiger charge is 2.30. The van der Waals surface area contributed by atoms with E-state index in [1.165, 1.54) is 30.7 Å². The van der Waals surface area contributed by atoms with Crippen molar-refractivity contribution < 1.29 is 39.4 Å². The van der Waals surface area contributed by atoms with Gasteiger partial charge < -0.3 is 36.2 Å². The van der Waals surface area contributed by atoms with Gasteiger partial charge in [-0.3, -0.25) is 19.4 Å². The Bertz CT molecular complexity index is 1310. The number of amides is 3. The van der Waals surface area contributed by atoms with Gasteiger partial charge in [0.2, 0.25) is 11.8 Å². The van der Waals surface area contributed by atoms with Crippen LogP contribution in [-0.2, 0) is 27.2 Å². The van der Waals surface area contributed by atoms with E-state index in [2.05, 4.69) is 25.9 Å². The van der Waals surface area contributed by atoms with E-state index in [9.17, 15) is 29.4 Å². The van der Waals surface area contributed by atoms with Gasteiger partial charge in [-0.05, 0) is 35.6 Å². The topological polar surface area (TPSA) is 211 Å². The first-order valence-corrected chi connectivity index (χ1v) is 13.5. The van der Waals surface area contributed by atoms with Gasteiger partial charge in [-0.25, -0.2) is 9.78 Å². The molecule has 0 spiro atoms. The summed E-state index contributed by atoms with van der Waals surface area (Å²) in [6.45, 7) is 3.69. The lowest BCUT2D eigenvalue weighted by atomic mass is 10.0. The van der Waals surface area contributed by atoms with Crippen LogP contribution in [0.4, 0.5) is 0 Å². The molecule has 0 fully saturated rings. The van der Waals surface area contributed by atoms with E-state index in [0.717, 1.165) is 5.56 Å². The third kappa shape index (κ3) is 12.3. The smallest absolute Gasteiger partial charge is 0.432 e. The van der Waals surface area contributed by atoms with Gasteiger partial charge in [0.15, 0.2) is 0 Å². The fourth-order valence-corrected chi connectivity index (χ4v) is 4.02. The van der Waals surface area contributed by atoms with Gasteiger partial charge in [0, 0.05) is 25.2 Å². The summed E-state index contributed by atoms with van der Waals surface area (Å²) < 4.78 is 0. The lowest BCUT2D eigenvalue weighted by Crippen LogP contribution is -2.57. The maximum atomic E-state index is 13.6. The Hall–Kier alpha value is -4.82. The van der Waals surface area contributed by atoms with Crippen LogP contribution in [0.2, 0.25) is 0 Å². The molecule has 0 radical (unpaired) electrons. The van der Waals surface area contributed by atoms with Crippen molar-refractivity contribution in [2.24, 2.45) is 5.92 Å². The van der Waals surface area contributed by atoms with E-state index in [4.69, 9.17) is 10.0 Å². The Balaban J connectivity index is 0.00000206. The zero-order chi connectivity index (χ0) is 31.8. The number of nitrogens with zero attached hydrogens (tertiary/aromatic N) is 2. The first kappa shape index (κ1) is 34.4. The van der Waals surface area contributed by atoms with Crippen LogP contribution >= 0.6 is 0 Å². The molecule has 0 aliphatic rings. The molecule has 14 heteroatoms. The molecule has 1 aromatic heterocycles. The number of aromatic hydroxyl groups is 1. The summed E-state index contributed by atoms with van der Waals surface area (Å²) in [5.41, 5.74) is 1.39. The molecule has 228 valence electrons. The minimum atomic E-state index is -1.17. The average Bonchev–Trinajstić information content (AvgIpc) is 2.98. The molecule has 13 nitrogen and oxygen atoms in total. The number of aliphatic carboxylic acids is 1. The van der Waals surface area contributed by atoms with Crippen LogP contribution < -0.4 is 16.0 Å². The van der Waals surface area contributed by atoms with Crippen molar-refractivity contribution in [3.8, 4) is 5.75 Å². The highest BCUT2D eigenvalue weighted by Crippen LogP contribution is 2.13. The Morgan fingerprint density at radius 3 is 1.84 bits per heavy atom. The van der Waals surface area contributed by atoms with Crippen LogP contribution in [0.15, 0.2) is 73.2 Å². The maximum absolute atomic E-state index is 13.6. The molecule has 3 rings (SSSR count). The largest absolute Gasteiger partial charge is 0.508 e. The molecular formula is C29H36BN5O8. The molecule has 7 N–H and O–H groups in total. The number of hydrogen-bond donors (Lipinski definition) is 7. The van der Waals surface area contributed by atoms with Crippen molar-refractivity contribution in [1.82, 2.24) is 25.9 Å². The Morgan fingerprint density at radius 1 is 0.791 bits per heavy atom.